The number of nitrogens with zero attached hydrogens (tertiary/aromatic N) is 2. The summed E-state index contributed by atoms with van der Waals surface area (Å²) in [5.41, 5.74) is 7.89. The van der Waals surface area contributed by atoms with Crippen LogP contribution in [0.5, 0.6) is 11.5 Å². The van der Waals surface area contributed by atoms with Gasteiger partial charge in [0, 0.05) is 56.3 Å². The van der Waals surface area contributed by atoms with Gasteiger partial charge in [0.2, 0.25) is 25.0 Å². The van der Waals surface area contributed by atoms with E-state index in [0.29, 0.717) is 32.0 Å². The molecule has 7 rings (SSSR count). The summed E-state index contributed by atoms with van der Waals surface area (Å²) < 4.78 is 50.8. The first-order valence-corrected chi connectivity index (χ1v) is 31.1. The number of hydrogen-bond donors (Lipinski definition) is 3. The summed E-state index contributed by atoms with van der Waals surface area (Å²) in [5, 5.41) is 14.0. The first-order valence-electron chi connectivity index (χ1n) is 28.8. The number of unbranched alkanes of at least 4 members (excludes halogenated alkanes) is 2. The summed E-state index contributed by atoms with van der Waals surface area (Å²) in [5.74, 6) is 1.67. The SMILES string of the molecule is CCCCOc1ccc(CN2CCSCC(N)C2=O)cc1.CCCCOc1ccc(CN2CCSCC(NC(=O)[C@H](OC)[C@@H]3OC(C)(C)O[C@H](/C=C/C(C)(C)C)[C@@H]3O)C2=O)cc1.Cl.[CH2+]O[C@H]1C(=O)O[C@@H]2[C@H]1OC(C)(C)O[C@@H]2/C=C/C(C)(C)C. The highest BCUT2D eigenvalue weighted by molar-refractivity contribution is 7.99. The fourth-order valence-electron chi connectivity index (χ4n) is 9.32. The van der Waals surface area contributed by atoms with Crippen molar-refractivity contribution in [1.29, 1.82) is 0 Å². The molecule has 0 aliphatic carbocycles. The molecule has 2 unspecified atom stereocenters. The molecule has 0 saturated carbocycles. The van der Waals surface area contributed by atoms with Crippen LogP contribution >= 0.6 is 35.9 Å². The lowest BCUT2D eigenvalue weighted by Gasteiger charge is -2.45. The van der Waals surface area contributed by atoms with E-state index in [9.17, 15) is 24.3 Å². The number of nitrogens with one attached hydrogen (secondary N) is 1. The summed E-state index contributed by atoms with van der Waals surface area (Å²) in [6.07, 6.45) is 5.88. The number of nitrogens with two attached hydrogens (primary N) is 1. The van der Waals surface area contributed by atoms with E-state index in [4.69, 9.17) is 48.4 Å². The molecule has 0 aromatic heterocycles. The van der Waals surface area contributed by atoms with Crippen molar-refractivity contribution in [3.05, 3.63) is 91.1 Å². The Balaban J connectivity index is 0.000000294. The summed E-state index contributed by atoms with van der Waals surface area (Å²) in [4.78, 5) is 54.6. The Morgan fingerprint density at radius 2 is 1.24 bits per heavy atom. The van der Waals surface area contributed by atoms with Crippen molar-refractivity contribution >= 4 is 59.6 Å². The van der Waals surface area contributed by atoms with Crippen molar-refractivity contribution in [3.8, 4) is 11.5 Å². The fourth-order valence-corrected chi connectivity index (χ4v) is 11.2. The summed E-state index contributed by atoms with van der Waals surface area (Å²) in [7, 11) is 4.72. The molecule has 18 nitrogen and oxygen atoms in total. The van der Waals surface area contributed by atoms with Gasteiger partial charge in [0.1, 0.15) is 48.1 Å². The topological polar surface area (TPSA) is 216 Å². The molecule has 5 heterocycles. The fraction of sp³-hybridized carbons (Fsp3) is 0.661. The van der Waals surface area contributed by atoms with Gasteiger partial charge in [-0.2, -0.15) is 28.3 Å². The van der Waals surface area contributed by atoms with E-state index in [-0.39, 0.29) is 47.2 Å². The number of ether oxygens (including phenoxy) is 9. The van der Waals surface area contributed by atoms with Crippen LogP contribution in [0.2, 0.25) is 0 Å². The van der Waals surface area contributed by atoms with Crippen LogP contribution in [0.25, 0.3) is 0 Å². The Hall–Kier alpha value is -4.06. The van der Waals surface area contributed by atoms with E-state index in [1.807, 2.05) is 106 Å². The number of hydrogen-bond acceptors (Lipinski definition) is 17. The first-order chi connectivity index (χ1) is 38.7. The van der Waals surface area contributed by atoms with Gasteiger partial charge >= 0.3 is 5.97 Å². The van der Waals surface area contributed by atoms with Gasteiger partial charge in [-0.25, -0.2) is 4.79 Å². The van der Waals surface area contributed by atoms with Crippen LogP contribution in [0.4, 0.5) is 0 Å². The zero-order valence-corrected chi connectivity index (χ0v) is 53.7. The molecule has 466 valence electrons. The van der Waals surface area contributed by atoms with Gasteiger partial charge < -0.3 is 63.9 Å². The second-order valence-electron chi connectivity index (χ2n) is 24.2. The zero-order chi connectivity index (χ0) is 60.4. The number of benzene rings is 2. The van der Waals surface area contributed by atoms with Crippen LogP contribution in [0.15, 0.2) is 72.8 Å². The van der Waals surface area contributed by atoms with Gasteiger partial charge in [0.25, 0.3) is 5.91 Å². The number of fused-ring (bicyclic) bond motifs is 1. The Morgan fingerprint density at radius 3 is 1.73 bits per heavy atom. The predicted octanol–water partition coefficient (Wildman–Crippen LogP) is 8.82. The average Bonchev–Trinajstić information content (AvgIpc) is 2.82. The number of carbonyl (C=O) groups excluding carboxylic acids is 4. The Morgan fingerprint density at radius 1 is 0.759 bits per heavy atom. The van der Waals surface area contributed by atoms with E-state index < -0.39 is 72.2 Å². The predicted molar refractivity (Wildman–Crippen MR) is 328 cm³/mol. The first kappa shape index (κ1) is 71.4. The third-order valence-electron chi connectivity index (χ3n) is 13.6. The molecular weight excluding hydrogens is 1120 g/mol. The van der Waals surface area contributed by atoms with Crippen molar-refractivity contribution in [2.45, 2.75) is 194 Å². The maximum absolute atomic E-state index is 13.5. The number of rotatable bonds is 19. The molecular formula is C62H96ClN4O14S2+. The van der Waals surface area contributed by atoms with Crippen LogP contribution < -0.4 is 20.5 Å². The monoisotopic (exact) mass is 1220 g/mol. The molecule has 5 saturated heterocycles. The largest absolute Gasteiger partial charge is 0.494 e. The van der Waals surface area contributed by atoms with Crippen LogP contribution in [0.1, 0.15) is 120 Å². The van der Waals surface area contributed by atoms with Gasteiger partial charge in [0.05, 0.1) is 19.3 Å². The van der Waals surface area contributed by atoms with Crippen LogP contribution in [-0.2, 0) is 65.4 Å². The Kier molecular flexibility index (Phi) is 28.5. The molecule has 2 aromatic rings. The molecule has 3 amide bonds. The van der Waals surface area contributed by atoms with E-state index in [1.165, 1.54) is 7.11 Å². The Bertz CT molecular complexity index is 2380. The lowest BCUT2D eigenvalue weighted by molar-refractivity contribution is -0.334. The summed E-state index contributed by atoms with van der Waals surface area (Å²) in [6, 6.07) is 14.7. The molecule has 0 spiro atoms. The van der Waals surface area contributed by atoms with E-state index in [2.05, 4.69) is 47.0 Å². The molecule has 0 bridgehead atoms. The molecule has 5 fully saturated rings. The number of halogens is 1. The van der Waals surface area contributed by atoms with E-state index in [1.54, 1.807) is 48.3 Å². The van der Waals surface area contributed by atoms with Crippen molar-refractivity contribution in [1.82, 2.24) is 15.1 Å². The standard InChI is InChI=1S/C31H48N2O7S.C16H24N2O2S.C15H23O5.ClH/c1-8-9-17-38-22-12-10-21(11-13-22)19-33-16-18-41-20-23(29(33)36)32-28(35)27(37-7)26-25(34)24(14-15-30(2,3)4)39-31(5,6)40-26;1-2-3-9-20-14-6-4-13(5-7-14)11-18-8-10-21-12-15(17)16(18)19;1-14(2,3)8-7-9-10-11(20-15(4,5)19-9)12(17-6)13(16)18-10;/h10-15,23-27,34H,8-9,16-20H2,1-7H3,(H,32,35);4-7,15H,2-3,8-12,17H2,1H3;7-12H,6H2,1-5H3;1H/q;;+1;/b15-14+;;8-7+;/t23?,24-,25+,26-,27-;;9-,10+,11-,12-;/m1.1./s1. The number of methoxy groups -OCH3 is 1. The van der Waals surface area contributed by atoms with Crippen LogP contribution in [0, 0.1) is 17.9 Å². The van der Waals surface area contributed by atoms with Gasteiger partial charge in [-0.05, 0) is 86.8 Å². The van der Waals surface area contributed by atoms with Crippen LogP contribution in [-0.4, -0.2) is 168 Å². The normalized spacial score (nSPS) is 26.7. The van der Waals surface area contributed by atoms with E-state index >= 15 is 0 Å². The smallest absolute Gasteiger partial charge is 0.343 e. The van der Waals surface area contributed by atoms with Crippen molar-refractivity contribution in [2.75, 3.05) is 56.4 Å². The number of esters is 1. The number of carbonyl (C=O) groups is 4. The second kappa shape index (κ2) is 33.2. The highest BCUT2D eigenvalue weighted by Crippen LogP contribution is 2.37. The van der Waals surface area contributed by atoms with Crippen molar-refractivity contribution in [2.24, 2.45) is 16.6 Å². The van der Waals surface area contributed by atoms with Gasteiger partial charge in [-0.1, -0.05) is 117 Å². The molecule has 4 N–H and O–H groups in total. The number of amides is 3. The minimum absolute atomic E-state index is 0. The van der Waals surface area contributed by atoms with Crippen LogP contribution in [0.3, 0.4) is 0 Å². The van der Waals surface area contributed by atoms with Crippen molar-refractivity contribution in [3.63, 3.8) is 0 Å². The molecule has 0 radical (unpaired) electrons. The molecule has 5 aliphatic rings. The maximum atomic E-state index is 13.5. The molecule has 10 atom stereocenters. The van der Waals surface area contributed by atoms with Gasteiger partial charge in [-0.3, -0.25) is 14.4 Å². The molecule has 2 aromatic carbocycles. The third kappa shape index (κ3) is 23.0. The lowest BCUT2D eigenvalue weighted by Crippen LogP contribution is -2.62. The van der Waals surface area contributed by atoms with Gasteiger partial charge in [0.15, 0.2) is 23.8 Å². The van der Waals surface area contributed by atoms with Crippen molar-refractivity contribution < 1.29 is 66.9 Å². The number of thioether (sulfide) groups is 2. The quantitative estimate of drug-likeness (QED) is 0.0518. The lowest BCUT2D eigenvalue weighted by atomic mass is 9.93. The summed E-state index contributed by atoms with van der Waals surface area (Å²) >= 11 is 3.36. The zero-order valence-electron chi connectivity index (χ0n) is 51.3. The number of allylic oxidation sites excluding steroid dienone is 2. The average molecular weight is 1220 g/mol. The number of aliphatic hydroxyl groups excluding tert-OH is 1. The summed E-state index contributed by atoms with van der Waals surface area (Å²) in [6.45, 7) is 27.6. The third-order valence-corrected chi connectivity index (χ3v) is 15.7. The minimum Gasteiger partial charge on any atom is -0.494 e. The van der Waals surface area contributed by atoms with Gasteiger partial charge in [-0.15, -0.1) is 12.4 Å². The highest BCUT2D eigenvalue weighted by atomic mass is 35.5. The second-order valence-corrected chi connectivity index (χ2v) is 26.5. The molecule has 21 heteroatoms. The van der Waals surface area contributed by atoms with E-state index in [0.717, 1.165) is 78.7 Å². The highest BCUT2D eigenvalue weighted by Gasteiger charge is 2.57. The Labute approximate surface area is 509 Å². The maximum Gasteiger partial charge on any atom is 0.343 e. The minimum atomic E-state index is -1.15. The molecule has 5 aliphatic heterocycles. The molecule has 83 heavy (non-hydrogen) atoms. The number of aliphatic hydroxyl groups is 1.